The summed E-state index contributed by atoms with van der Waals surface area (Å²) < 4.78 is 0. The van der Waals surface area contributed by atoms with Crippen LogP contribution in [0.25, 0.3) is 0 Å². The molecule has 0 fully saturated rings. The number of amides is 3. The van der Waals surface area contributed by atoms with Crippen LogP contribution in [0.3, 0.4) is 0 Å². The van der Waals surface area contributed by atoms with Crippen molar-refractivity contribution in [1.29, 1.82) is 0 Å². The van der Waals surface area contributed by atoms with Crippen LogP contribution in [0.2, 0.25) is 0 Å². The minimum atomic E-state index is -0.107. The Morgan fingerprint density at radius 2 is 1.95 bits per heavy atom. The maximum absolute atomic E-state index is 12.1. The summed E-state index contributed by atoms with van der Waals surface area (Å²) in [5.41, 5.74) is 2.61. The number of nitrogens with zero attached hydrogens (tertiary/aromatic N) is 1. The number of hydrogen-bond donors (Lipinski definition) is 2. The van der Waals surface area contributed by atoms with Crippen molar-refractivity contribution in [3.63, 3.8) is 0 Å². The predicted molar refractivity (Wildman–Crippen MR) is 83.4 cm³/mol. The number of carbonyl (C=O) groups excluding carboxylic acids is 2. The minimum Gasteiger partial charge on any atom is -0.352 e. The lowest BCUT2D eigenvalue weighted by molar-refractivity contribution is 0.0956. The normalized spacial score (nSPS) is 14.4. The Morgan fingerprint density at radius 3 is 2.52 bits per heavy atom. The molecular weight excluding hydrogens is 266 g/mol. The zero-order chi connectivity index (χ0) is 15.2. The molecule has 1 aromatic rings. The van der Waals surface area contributed by atoms with E-state index in [0.29, 0.717) is 24.3 Å². The average molecular weight is 287 g/mol. The molecule has 0 radical (unpaired) electrons. The molecule has 3 amide bonds. The highest BCUT2D eigenvalue weighted by Crippen LogP contribution is 2.13. The molecule has 5 heteroatoms. The Hall–Kier alpha value is -2.30. The SMILES string of the molecule is CCNC(=O)c1ccc(NC(=O)N2CC=C(C)CC2)cc1. The molecule has 0 saturated carbocycles. The predicted octanol–water partition coefficient (Wildman–Crippen LogP) is 2.62. The molecule has 112 valence electrons. The summed E-state index contributed by atoms with van der Waals surface area (Å²) in [6.45, 7) is 5.94. The van der Waals surface area contributed by atoms with Gasteiger partial charge in [0.05, 0.1) is 0 Å². The van der Waals surface area contributed by atoms with E-state index in [1.807, 2.05) is 6.92 Å². The highest BCUT2D eigenvalue weighted by Gasteiger charge is 2.15. The summed E-state index contributed by atoms with van der Waals surface area (Å²) in [6, 6.07) is 6.80. The summed E-state index contributed by atoms with van der Waals surface area (Å²) in [7, 11) is 0. The van der Waals surface area contributed by atoms with E-state index in [9.17, 15) is 9.59 Å². The van der Waals surface area contributed by atoms with Gasteiger partial charge in [-0.1, -0.05) is 11.6 Å². The smallest absolute Gasteiger partial charge is 0.322 e. The van der Waals surface area contributed by atoms with Gasteiger partial charge in [0.1, 0.15) is 0 Å². The van der Waals surface area contributed by atoms with Crippen molar-refractivity contribution in [1.82, 2.24) is 10.2 Å². The van der Waals surface area contributed by atoms with Crippen LogP contribution in [0, 0.1) is 0 Å². The lowest BCUT2D eigenvalue weighted by Gasteiger charge is -2.25. The molecule has 0 aromatic heterocycles. The molecule has 1 aliphatic heterocycles. The van der Waals surface area contributed by atoms with Crippen molar-refractivity contribution < 1.29 is 9.59 Å². The average Bonchev–Trinajstić information content (AvgIpc) is 2.49. The van der Waals surface area contributed by atoms with Gasteiger partial charge in [-0.05, 0) is 44.5 Å². The van der Waals surface area contributed by atoms with Crippen LogP contribution in [0.15, 0.2) is 35.9 Å². The Labute approximate surface area is 125 Å². The Kier molecular flexibility index (Phi) is 4.98. The van der Waals surface area contributed by atoms with E-state index in [-0.39, 0.29) is 11.9 Å². The molecule has 21 heavy (non-hydrogen) atoms. The number of carbonyl (C=O) groups is 2. The van der Waals surface area contributed by atoms with Gasteiger partial charge in [0.25, 0.3) is 5.91 Å². The Bertz CT molecular complexity index is 549. The quantitative estimate of drug-likeness (QED) is 0.839. The van der Waals surface area contributed by atoms with Crippen LogP contribution in [-0.2, 0) is 0 Å². The van der Waals surface area contributed by atoms with Crippen LogP contribution >= 0.6 is 0 Å². The van der Waals surface area contributed by atoms with Crippen molar-refractivity contribution in [3.8, 4) is 0 Å². The molecule has 1 heterocycles. The summed E-state index contributed by atoms with van der Waals surface area (Å²) >= 11 is 0. The summed E-state index contributed by atoms with van der Waals surface area (Å²) in [5.74, 6) is -0.105. The van der Waals surface area contributed by atoms with E-state index in [0.717, 1.165) is 13.0 Å². The van der Waals surface area contributed by atoms with Gasteiger partial charge in [0, 0.05) is 30.9 Å². The molecule has 5 nitrogen and oxygen atoms in total. The van der Waals surface area contributed by atoms with E-state index in [2.05, 4.69) is 23.6 Å². The van der Waals surface area contributed by atoms with Crippen LogP contribution in [0.1, 0.15) is 30.6 Å². The number of hydrogen-bond acceptors (Lipinski definition) is 2. The number of nitrogens with one attached hydrogen (secondary N) is 2. The van der Waals surface area contributed by atoms with Gasteiger partial charge >= 0.3 is 6.03 Å². The molecule has 1 aromatic carbocycles. The maximum Gasteiger partial charge on any atom is 0.322 e. The third-order valence-electron chi connectivity index (χ3n) is 3.46. The van der Waals surface area contributed by atoms with Gasteiger partial charge in [-0.3, -0.25) is 4.79 Å². The van der Waals surface area contributed by atoms with Gasteiger partial charge in [-0.2, -0.15) is 0 Å². The van der Waals surface area contributed by atoms with Crippen LogP contribution in [0.4, 0.5) is 10.5 Å². The third-order valence-corrected chi connectivity index (χ3v) is 3.46. The zero-order valence-corrected chi connectivity index (χ0v) is 12.5. The number of rotatable bonds is 3. The third kappa shape index (κ3) is 4.08. The second-order valence-corrected chi connectivity index (χ2v) is 5.11. The van der Waals surface area contributed by atoms with Crippen LogP contribution < -0.4 is 10.6 Å². The fourth-order valence-corrected chi connectivity index (χ4v) is 2.13. The molecule has 0 spiro atoms. The van der Waals surface area contributed by atoms with E-state index in [1.165, 1.54) is 5.57 Å². The van der Waals surface area contributed by atoms with E-state index >= 15 is 0 Å². The molecule has 0 aliphatic carbocycles. The molecule has 2 N–H and O–H groups in total. The Morgan fingerprint density at radius 1 is 1.24 bits per heavy atom. The molecule has 1 aliphatic rings. The zero-order valence-electron chi connectivity index (χ0n) is 12.5. The first-order valence-corrected chi connectivity index (χ1v) is 7.20. The van der Waals surface area contributed by atoms with Crippen LogP contribution in [-0.4, -0.2) is 36.5 Å². The monoisotopic (exact) mass is 287 g/mol. The highest BCUT2D eigenvalue weighted by molar-refractivity contribution is 5.95. The Balaban J connectivity index is 1.94. The summed E-state index contributed by atoms with van der Waals surface area (Å²) in [5, 5.41) is 5.59. The lowest BCUT2D eigenvalue weighted by atomic mass is 10.1. The van der Waals surface area contributed by atoms with Gasteiger partial charge in [-0.25, -0.2) is 4.79 Å². The topological polar surface area (TPSA) is 61.4 Å². The molecular formula is C16H21N3O2. The van der Waals surface area contributed by atoms with Crippen molar-refractivity contribution >= 4 is 17.6 Å². The second-order valence-electron chi connectivity index (χ2n) is 5.11. The second kappa shape index (κ2) is 6.92. The largest absolute Gasteiger partial charge is 0.352 e. The molecule has 0 saturated heterocycles. The van der Waals surface area contributed by atoms with Crippen molar-refractivity contribution in [2.75, 3.05) is 25.0 Å². The highest BCUT2D eigenvalue weighted by atomic mass is 16.2. The minimum absolute atomic E-state index is 0.105. The molecule has 0 unspecified atom stereocenters. The van der Waals surface area contributed by atoms with E-state index < -0.39 is 0 Å². The molecule has 2 rings (SSSR count). The first-order chi connectivity index (χ1) is 10.1. The number of benzene rings is 1. The van der Waals surface area contributed by atoms with E-state index in [4.69, 9.17) is 0 Å². The molecule has 0 atom stereocenters. The fraction of sp³-hybridized carbons (Fsp3) is 0.375. The number of urea groups is 1. The number of anilines is 1. The lowest BCUT2D eigenvalue weighted by Crippen LogP contribution is -2.37. The summed E-state index contributed by atoms with van der Waals surface area (Å²) in [4.78, 5) is 25.5. The first kappa shape index (κ1) is 15.1. The van der Waals surface area contributed by atoms with Crippen LogP contribution in [0.5, 0.6) is 0 Å². The van der Waals surface area contributed by atoms with Crippen molar-refractivity contribution in [2.45, 2.75) is 20.3 Å². The molecule has 0 bridgehead atoms. The first-order valence-electron chi connectivity index (χ1n) is 7.20. The van der Waals surface area contributed by atoms with Gasteiger partial charge in [-0.15, -0.1) is 0 Å². The van der Waals surface area contributed by atoms with Crippen molar-refractivity contribution in [2.24, 2.45) is 0 Å². The van der Waals surface area contributed by atoms with E-state index in [1.54, 1.807) is 29.2 Å². The van der Waals surface area contributed by atoms with Gasteiger partial charge in [0.2, 0.25) is 0 Å². The fourth-order valence-electron chi connectivity index (χ4n) is 2.13. The standard InChI is InChI=1S/C16H21N3O2/c1-3-17-15(20)13-4-6-14(7-5-13)18-16(21)19-10-8-12(2)9-11-19/h4-8H,3,9-11H2,1-2H3,(H,17,20)(H,18,21). The van der Waals surface area contributed by atoms with Gasteiger partial charge in [0.15, 0.2) is 0 Å². The van der Waals surface area contributed by atoms with Gasteiger partial charge < -0.3 is 15.5 Å². The van der Waals surface area contributed by atoms with Crippen molar-refractivity contribution in [3.05, 3.63) is 41.5 Å². The maximum atomic E-state index is 12.1. The summed E-state index contributed by atoms with van der Waals surface area (Å²) in [6.07, 6.45) is 2.99.